The number of nitrogens with zero attached hydrogens (tertiary/aromatic N) is 2. The van der Waals surface area contributed by atoms with E-state index in [-0.39, 0.29) is 6.04 Å². The van der Waals surface area contributed by atoms with Gasteiger partial charge in [-0.2, -0.15) is 0 Å². The van der Waals surface area contributed by atoms with Crippen molar-refractivity contribution in [1.82, 2.24) is 9.97 Å². The van der Waals surface area contributed by atoms with Gasteiger partial charge in [-0.3, -0.25) is 0 Å². The SMILES string of the molecule is NC(c1ccccc1)c1ncc2c(n1)CCCC2. The number of fused-ring (bicyclic) bond motifs is 1. The van der Waals surface area contributed by atoms with Crippen molar-refractivity contribution in [2.24, 2.45) is 5.73 Å². The quantitative estimate of drug-likeness (QED) is 0.875. The van der Waals surface area contributed by atoms with Gasteiger partial charge in [0, 0.05) is 11.9 Å². The van der Waals surface area contributed by atoms with Gasteiger partial charge in [0.2, 0.25) is 0 Å². The van der Waals surface area contributed by atoms with Gasteiger partial charge >= 0.3 is 0 Å². The Labute approximate surface area is 107 Å². The summed E-state index contributed by atoms with van der Waals surface area (Å²) in [5.74, 6) is 0.738. The number of hydrogen-bond donors (Lipinski definition) is 1. The maximum Gasteiger partial charge on any atom is 0.149 e. The van der Waals surface area contributed by atoms with Crippen molar-refractivity contribution in [1.29, 1.82) is 0 Å². The first-order valence-electron chi connectivity index (χ1n) is 6.50. The van der Waals surface area contributed by atoms with Gasteiger partial charge in [0.25, 0.3) is 0 Å². The van der Waals surface area contributed by atoms with Gasteiger partial charge in [-0.1, -0.05) is 30.3 Å². The molecule has 2 N–H and O–H groups in total. The van der Waals surface area contributed by atoms with Crippen LogP contribution in [-0.2, 0) is 12.8 Å². The zero-order valence-electron chi connectivity index (χ0n) is 10.3. The first-order valence-corrected chi connectivity index (χ1v) is 6.50. The Morgan fingerprint density at radius 1 is 1.06 bits per heavy atom. The molecule has 0 saturated heterocycles. The van der Waals surface area contributed by atoms with Gasteiger partial charge in [0.15, 0.2) is 0 Å². The number of aromatic nitrogens is 2. The van der Waals surface area contributed by atoms with Crippen LogP contribution < -0.4 is 5.73 Å². The molecule has 92 valence electrons. The second kappa shape index (κ2) is 4.86. The molecule has 0 radical (unpaired) electrons. The smallest absolute Gasteiger partial charge is 0.149 e. The van der Waals surface area contributed by atoms with E-state index < -0.39 is 0 Å². The van der Waals surface area contributed by atoms with Gasteiger partial charge in [-0.15, -0.1) is 0 Å². The summed E-state index contributed by atoms with van der Waals surface area (Å²) in [5.41, 5.74) is 9.78. The molecule has 1 aliphatic carbocycles. The lowest BCUT2D eigenvalue weighted by molar-refractivity contribution is 0.645. The van der Waals surface area contributed by atoms with Crippen LogP contribution in [0.4, 0.5) is 0 Å². The summed E-state index contributed by atoms with van der Waals surface area (Å²) in [5, 5.41) is 0. The van der Waals surface area contributed by atoms with E-state index in [1.807, 2.05) is 36.5 Å². The van der Waals surface area contributed by atoms with E-state index >= 15 is 0 Å². The molecule has 0 fully saturated rings. The Morgan fingerprint density at radius 2 is 1.83 bits per heavy atom. The van der Waals surface area contributed by atoms with Crippen LogP contribution in [0.3, 0.4) is 0 Å². The van der Waals surface area contributed by atoms with Crippen LogP contribution in [0.2, 0.25) is 0 Å². The van der Waals surface area contributed by atoms with E-state index in [9.17, 15) is 0 Å². The summed E-state index contributed by atoms with van der Waals surface area (Å²) < 4.78 is 0. The van der Waals surface area contributed by atoms with E-state index in [1.165, 1.54) is 24.1 Å². The average molecular weight is 239 g/mol. The molecule has 1 aromatic heterocycles. The Hall–Kier alpha value is -1.74. The first kappa shape index (κ1) is 11.4. The molecule has 0 aliphatic heterocycles. The van der Waals surface area contributed by atoms with Crippen LogP contribution in [0.15, 0.2) is 36.5 Å². The number of rotatable bonds is 2. The van der Waals surface area contributed by atoms with Gasteiger partial charge in [0.05, 0.1) is 6.04 Å². The van der Waals surface area contributed by atoms with E-state index in [0.29, 0.717) is 0 Å². The van der Waals surface area contributed by atoms with Crippen molar-refractivity contribution in [3.05, 3.63) is 59.2 Å². The third-order valence-electron chi connectivity index (χ3n) is 3.52. The maximum absolute atomic E-state index is 6.22. The summed E-state index contributed by atoms with van der Waals surface area (Å²) in [6, 6.07) is 9.80. The summed E-state index contributed by atoms with van der Waals surface area (Å²) in [6.45, 7) is 0. The minimum absolute atomic E-state index is 0.224. The van der Waals surface area contributed by atoms with Crippen LogP contribution in [0.25, 0.3) is 0 Å². The minimum Gasteiger partial charge on any atom is -0.318 e. The van der Waals surface area contributed by atoms with Crippen LogP contribution in [-0.4, -0.2) is 9.97 Å². The van der Waals surface area contributed by atoms with Gasteiger partial charge < -0.3 is 5.73 Å². The molecule has 3 heteroatoms. The number of aryl methyl sites for hydroxylation is 2. The predicted octanol–water partition coefficient (Wildman–Crippen LogP) is 2.40. The Bertz CT molecular complexity index is 537. The highest BCUT2D eigenvalue weighted by Crippen LogP contribution is 2.21. The normalized spacial score (nSPS) is 16.1. The molecular weight excluding hydrogens is 222 g/mol. The summed E-state index contributed by atoms with van der Waals surface area (Å²) in [6.07, 6.45) is 6.60. The summed E-state index contributed by atoms with van der Waals surface area (Å²) in [7, 11) is 0. The van der Waals surface area contributed by atoms with Crippen LogP contribution in [0, 0.1) is 0 Å². The van der Waals surface area contributed by atoms with Crippen molar-refractivity contribution in [3.63, 3.8) is 0 Å². The molecule has 3 rings (SSSR count). The van der Waals surface area contributed by atoms with Gasteiger partial charge in [-0.25, -0.2) is 9.97 Å². The monoisotopic (exact) mass is 239 g/mol. The second-order valence-electron chi connectivity index (χ2n) is 4.80. The Kier molecular flexibility index (Phi) is 3.07. The largest absolute Gasteiger partial charge is 0.318 e. The second-order valence-corrected chi connectivity index (χ2v) is 4.80. The molecule has 0 bridgehead atoms. The lowest BCUT2D eigenvalue weighted by atomic mass is 9.97. The van der Waals surface area contributed by atoms with Crippen molar-refractivity contribution >= 4 is 0 Å². The molecule has 2 aromatic rings. The van der Waals surface area contributed by atoms with Crippen molar-refractivity contribution in [2.45, 2.75) is 31.7 Å². The fourth-order valence-corrected chi connectivity index (χ4v) is 2.45. The van der Waals surface area contributed by atoms with Crippen molar-refractivity contribution < 1.29 is 0 Å². The number of benzene rings is 1. The molecule has 0 saturated carbocycles. The zero-order valence-corrected chi connectivity index (χ0v) is 10.3. The molecule has 1 atom stereocenters. The van der Waals surface area contributed by atoms with Crippen LogP contribution in [0.5, 0.6) is 0 Å². The first-order chi connectivity index (χ1) is 8.84. The predicted molar refractivity (Wildman–Crippen MR) is 71.1 cm³/mol. The van der Waals surface area contributed by atoms with Crippen molar-refractivity contribution in [2.75, 3.05) is 0 Å². The molecule has 0 amide bonds. The molecule has 1 aliphatic rings. The maximum atomic E-state index is 6.22. The standard InChI is InChI=1S/C15H17N3/c16-14(11-6-2-1-3-7-11)15-17-10-12-8-4-5-9-13(12)18-15/h1-3,6-7,10,14H,4-5,8-9,16H2. The van der Waals surface area contributed by atoms with E-state index in [1.54, 1.807) is 0 Å². The topological polar surface area (TPSA) is 51.8 Å². The fourth-order valence-electron chi connectivity index (χ4n) is 2.45. The van der Waals surface area contributed by atoms with Crippen LogP contribution >= 0.6 is 0 Å². The molecule has 1 heterocycles. The van der Waals surface area contributed by atoms with E-state index in [2.05, 4.69) is 9.97 Å². The Morgan fingerprint density at radius 3 is 2.67 bits per heavy atom. The van der Waals surface area contributed by atoms with Gasteiger partial charge in [-0.05, 0) is 36.8 Å². The highest BCUT2D eigenvalue weighted by atomic mass is 14.9. The third kappa shape index (κ3) is 2.14. The van der Waals surface area contributed by atoms with Crippen molar-refractivity contribution in [3.8, 4) is 0 Å². The summed E-state index contributed by atoms with van der Waals surface area (Å²) in [4.78, 5) is 9.09. The minimum atomic E-state index is -0.224. The molecular formula is C15H17N3. The molecule has 0 spiro atoms. The highest BCUT2D eigenvalue weighted by molar-refractivity contribution is 5.27. The van der Waals surface area contributed by atoms with Gasteiger partial charge in [0.1, 0.15) is 5.82 Å². The molecule has 18 heavy (non-hydrogen) atoms. The average Bonchev–Trinajstić information content (AvgIpc) is 2.47. The Balaban J connectivity index is 1.93. The van der Waals surface area contributed by atoms with E-state index in [0.717, 1.165) is 24.2 Å². The van der Waals surface area contributed by atoms with E-state index in [4.69, 9.17) is 5.73 Å². The number of nitrogens with two attached hydrogens (primary N) is 1. The lowest BCUT2D eigenvalue weighted by Gasteiger charge is -2.17. The third-order valence-corrected chi connectivity index (χ3v) is 3.52. The molecule has 1 aromatic carbocycles. The molecule has 3 nitrogen and oxygen atoms in total. The fraction of sp³-hybridized carbons (Fsp3) is 0.333. The summed E-state index contributed by atoms with van der Waals surface area (Å²) >= 11 is 0. The highest BCUT2D eigenvalue weighted by Gasteiger charge is 2.16. The zero-order chi connectivity index (χ0) is 12.4. The molecule has 1 unspecified atom stereocenters. The van der Waals surface area contributed by atoms with Crippen LogP contribution in [0.1, 0.15) is 41.5 Å². The number of hydrogen-bond acceptors (Lipinski definition) is 3. The lowest BCUT2D eigenvalue weighted by Crippen LogP contribution is -2.18.